The average Bonchev–Trinajstić information content (AvgIpc) is 3.07. The summed E-state index contributed by atoms with van der Waals surface area (Å²) in [6, 6.07) is 11.9. The van der Waals surface area contributed by atoms with Gasteiger partial charge < -0.3 is 14.8 Å². The van der Waals surface area contributed by atoms with Crippen LogP contribution in [-0.2, 0) is 35.4 Å². The minimum Gasteiger partial charge on any atom is -0.497 e. The lowest BCUT2D eigenvalue weighted by molar-refractivity contribution is -0.129. The van der Waals surface area contributed by atoms with Crippen molar-refractivity contribution < 1.29 is 14.3 Å². The number of nitrogens with one attached hydrogen (secondary N) is 1. The third kappa shape index (κ3) is 2.89. The van der Waals surface area contributed by atoms with E-state index in [9.17, 15) is 4.79 Å². The van der Waals surface area contributed by atoms with E-state index in [-0.39, 0.29) is 5.91 Å². The summed E-state index contributed by atoms with van der Waals surface area (Å²) in [5.41, 5.74) is 6.16. The third-order valence-corrected chi connectivity index (χ3v) is 4.91. The first-order chi connectivity index (χ1) is 11.7. The zero-order chi connectivity index (χ0) is 16.5. The number of aryl methyl sites for hydroxylation is 2. The lowest BCUT2D eigenvalue weighted by Crippen LogP contribution is -2.35. The van der Waals surface area contributed by atoms with Crippen molar-refractivity contribution in [3.05, 3.63) is 58.7 Å². The summed E-state index contributed by atoms with van der Waals surface area (Å²) < 4.78 is 10.9. The zero-order valence-corrected chi connectivity index (χ0v) is 13.8. The number of methoxy groups -OCH3 is 1. The highest BCUT2D eigenvalue weighted by molar-refractivity contribution is 5.94. The molecule has 1 aliphatic heterocycles. The molecule has 0 spiro atoms. The third-order valence-electron chi connectivity index (χ3n) is 4.91. The number of carbonyl (C=O) groups is 1. The van der Waals surface area contributed by atoms with Crippen LogP contribution >= 0.6 is 0 Å². The molecule has 4 nitrogen and oxygen atoms in total. The lowest BCUT2D eigenvalue weighted by atomic mass is 9.94. The molecule has 0 saturated heterocycles. The van der Waals surface area contributed by atoms with Crippen LogP contribution in [0.25, 0.3) is 0 Å². The first kappa shape index (κ1) is 15.2. The smallest absolute Gasteiger partial charge is 0.253 e. The van der Waals surface area contributed by atoms with Crippen LogP contribution in [0.3, 0.4) is 0 Å². The molecule has 0 saturated carbocycles. The van der Waals surface area contributed by atoms with Gasteiger partial charge in [-0.05, 0) is 65.8 Å². The predicted octanol–water partition coefficient (Wildman–Crippen LogP) is 3.26. The Morgan fingerprint density at radius 2 is 1.79 bits per heavy atom. The van der Waals surface area contributed by atoms with Gasteiger partial charge in [0.1, 0.15) is 11.9 Å². The summed E-state index contributed by atoms with van der Waals surface area (Å²) >= 11 is 0. The van der Waals surface area contributed by atoms with Gasteiger partial charge in [-0.2, -0.15) is 0 Å². The van der Waals surface area contributed by atoms with Crippen LogP contribution in [-0.4, -0.2) is 19.1 Å². The van der Waals surface area contributed by atoms with Gasteiger partial charge in [0.05, 0.1) is 13.7 Å². The van der Waals surface area contributed by atoms with Crippen LogP contribution in [0.5, 0.6) is 5.75 Å². The standard InChI is InChI=1S/C20H21NO3/c1-23-18-7-5-17(6-8-18)21-20(22)19-11-15-9-13-3-2-4-14(13)10-16(15)12-24-19/h5-10,19H,2-4,11-12H2,1H3,(H,21,22)/t19-/m0/s1. The molecule has 0 fully saturated rings. The van der Waals surface area contributed by atoms with Gasteiger partial charge in [-0.1, -0.05) is 12.1 Å². The maximum absolute atomic E-state index is 12.5. The molecule has 0 aromatic heterocycles. The van der Waals surface area contributed by atoms with Gasteiger partial charge in [-0.3, -0.25) is 4.79 Å². The Hall–Kier alpha value is -2.33. The number of hydrogen-bond acceptors (Lipinski definition) is 3. The van der Waals surface area contributed by atoms with Crippen molar-refractivity contribution in [2.75, 3.05) is 12.4 Å². The Labute approximate surface area is 141 Å². The molecule has 1 aliphatic carbocycles. The Morgan fingerprint density at radius 3 is 2.50 bits per heavy atom. The van der Waals surface area contributed by atoms with E-state index in [1.54, 1.807) is 7.11 Å². The van der Waals surface area contributed by atoms with Crippen molar-refractivity contribution in [1.29, 1.82) is 0 Å². The second-order valence-electron chi connectivity index (χ2n) is 6.46. The molecule has 2 aliphatic rings. The van der Waals surface area contributed by atoms with Crippen LogP contribution in [0, 0.1) is 0 Å². The van der Waals surface area contributed by atoms with Gasteiger partial charge in [0.25, 0.3) is 5.91 Å². The quantitative estimate of drug-likeness (QED) is 0.943. The van der Waals surface area contributed by atoms with Crippen LogP contribution in [0.15, 0.2) is 36.4 Å². The fraction of sp³-hybridized carbons (Fsp3) is 0.350. The van der Waals surface area contributed by atoms with E-state index >= 15 is 0 Å². The Kier molecular flexibility index (Phi) is 3.98. The summed E-state index contributed by atoms with van der Waals surface area (Å²) in [5, 5.41) is 2.93. The first-order valence-electron chi connectivity index (χ1n) is 8.43. The highest BCUT2D eigenvalue weighted by Gasteiger charge is 2.27. The second kappa shape index (κ2) is 6.29. The van der Waals surface area contributed by atoms with Crippen LogP contribution in [0.1, 0.15) is 28.7 Å². The van der Waals surface area contributed by atoms with Gasteiger partial charge >= 0.3 is 0 Å². The van der Waals surface area contributed by atoms with Gasteiger partial charge in [0.2, 0.25) is 0 Å². The summed E-state index contributed by atoms with van der Waals surface area (Å²) in [4.78, 5) is 12.5. The van der Waals surface area contributed by atoms with Gasteiger partial charge in [-0.15, -0.1) is 0 Å². The Morgan fingerprint density at radius 1 is 1.08 bits per heavy atom. The van der Waals surface area contributed by atoms with Crippen molar-refractivity contribution in [2.45, 2.75) is 38.4 Å². The number of anilines is 1. The largest absolute Gasteiger partial charge is 0.497 e. The van der Waals surface area contributed by atoms with Gasteiger partial charge in [0.15, 0.2) is 0 Å². The predicted molar refractivity (Wildman–Crippen MR) is 92.4 cm³/mol. The number of amides is 1. The van der Waals surface area contributed by atoms with Crippen molar-refractivity contribution >= 4 is 11.6 Å². The number of rotatable bonds is 3. The molecule has 1 amide bonds. The van der Waals surface area contributed by atoms with Gasteiger partial charge in [-0.25, -0.2) is 0 Å². The molecule has 4 rings (SSSR count). The highest BCUT2D eigenvalue weighted by atomic mass is 16.5. The van der Waals surface area contributed by atoms with E-state index < -0.39 is 6.10 Å². The summed E-state index contributed by atoms with van der Waals surface area (Å²) in [7, 11) is 1.62. The second-order valence-corrected chi connectivity index (χ2v) is 6.46. The van der Waals surface area contributed by atoms with E-state index in [1.807, 2.05) is 24.3 Å². The van der Waals surface area contributed by atoms with Crippen molar-refractivity contribution in [3.63, 3.8) is 0 Å². The minimum absolute atomic E-state index is 0.0914. The van der Waals surface area contributed by atoms with E-state index in [0.717, 1.165) is 17.9 Å². The maximum Gasteiger partial charge on any atom is 0.253 e. The molecule has 24 heavy (non-hydrogen) atoms. The van der Waals surface area contributed by atoms with E-state index in [2.05, 4.69) is 17.4 Å². The Bertz CT molecular complexity index is 767. The molecule has 0 bridgehead atoms. The lowest BCUT2D eigenvalue weighted by Gasteiger charge is -2.25. The molecule has 1 heterocycles. The topological polar surface area (TPSA) is 47.6 Å². The summed E-state index contributed by atoms with van der Waals surface area (Å²) in [5.74, 6) is 0.677. The normalized spacial score (nSPS) is 18.6. The molecule has 124 valence electrons. The molecule has 1 N–H and O–H groups in total. The number of benzene rings is 2. The van der Waals surface area contributed by atoms with Crippen LogP contribution in [0.2, 0.25) is 0 Å². The fourth-order valence-electron chi connectivity index (χ4n) is 3.57. The van der Waals surface area contributed by atoms with E-state index in [0.29, 0.717) is 13.0 Å². The molecular formula is C20H21NO3. The number of ether oxygens (including phenoxy) is 2. The highest BCUT2D eigenvalue weighted by Crippen LogP contribution is 2.30. The molecular weight excluding hydrogens is 302 g/mol. The molecule has 4 heteroatoms. The number of hydrogen-bond donors (Lipinski definition) is 1. The van der Waals surface area contributed by atoms with Crippen LogP contribution < -0.4 is 10.1 Å². The van der Waals surface area contributed by atoms with E-state index in [4.69, 9.17) is 9.47 Å². The average molecular weight is 323 g/mol. The van der Waals surface area contributed by atoms with Crippen molar-refractivity contribution in [1.82, 2.24) is 0 Å². The summed E-state index contributed by atoms with van der Waals surface area (Å²) in [6.07, 6.45) is 3.78. The molecule has 0 radical (unpaired) electrons. The van der Waals surface area contributed by atoms with Crippen molar-refractivity contribution in [3.8, 4) is 5.75 Å². The fourth-order valence-corrected chi connectivity index (χ4v) is 3.57. The van der Waals surface area contributed by atoms with E-state index in [1.165, 1.54) is 35.1 Å². The Balaban J connectivity index is 1.46. The monoisotopic (exact) mass is 323 g/mol. The molecule has 0 unspecified atom stereocenters. The van der Waals surface area contributed by atoms with Crippen LogP contribution in [0.4, 0.5) is 5.69 Å². The number of carbonyl (C=O) groups excluding carboxylic acids is 1. The maximum atomic E-state index is 12.5. The zero-order valence-electron chi connectivity index (χ0n) is 13.8. The molecule has 2 aromatic carbocycles. The minimum atomic E-state index is -0.431. The van der Waals surface area contributed by atoms with Crippen molar-refractivity contribution in [2.24, 2.45) is 0 Å². The molecule has 1 atom stereocenters. The van der Waals surface area contributed by atoms with Gasteiger partial charge in [0, 0.05) is 12.1 Å². The summed E-state index contributed by atoms with van der Waals surface area (Å²) in [6.45, 7) is 0.517. The SMILES string of the molecule is COc1ccc(NC(=O)[C@@H]2Cc3cc4c(cc3CO2)CCC4)cc1. The molecule has 2 aromatic rings. The number of fused-ring (bicyclic) bond motifs is 2. The first-order valence-corrected chi connectivity index (χ1v) is 8.43.